The van der Waals surface area contributed by atoms with E-state index in [1.54, 1.807) is 11.2 Å². The number of nitrogens with zero attached hydrogens (tertiary/aromatic N) is 3. The molecule has 39 heavy (non-hydrogen) atoms. The first kappa shape index (κ1) is 26.0. The molecule has 0 spiro atoms. The maximum absolute atomic E-state index is 13.7. The van der Waals surface area contributed by atoms with Gasteiger partial charge >= 0.3 is 0 Å². The average Bonchev–Trinajstić information content (AvgIpc) is 3.51. The van der Waals surface area contributed by atoms with Crippen LogP contribution in [0.1, 0.15) is 59.4 Å². The average molecular weight is 521 g/mol. The lowest BCUT2D eigenvalue weighted by Crippen LogP contribution is -2.57. The first-order valence-corrected chi connectivity index (χ1v) is 13.4. The minimum atomic E-state index is -0.431. The Hall–Kier alpha value is -4.64. The van der Waals surface area contributed by atoms with Gasteiger partial charge in [0.05, 0.1) is 35.9 Å². The summed E-state index contributed by atoms with van der Waals surface area (Å²) >= 11 is 0. The van der Waals surface area contributed by atoms with Crippen molar-refractivity contribution in [3.8, 4) is 6.07 Å². The molecule has 8 nitrogen and oxygen atoms in total. The highest BCUT2D eigenvalue weighted by Gasteiger charge is 2.33. The fourth-order valence-corrected chi connectivity index (χ4v) is 5.21. The Morgan fingerprint density at radius 1 is 1.21 bits per heavy atom. The molecule has 1 unspecified atom stereocenters. The minimum absolute atomic E-state index is 0.0677. The van der Waals surface area contributed by atoms with Crippen molar-refractivity contribution in [3.63, 3.8) is 0 Å². The van der Waals surface area contributed by atoms with Gasteiger partial charge in [-0.15, -0.1) is 0 Å². The SMILES string of the molecule is CCCC[C@H]1C(=O)NCCN1C(=O)c1cccc2cc(NC(Cc3ccc(C#N)cc3)c3cnc[nH]3)ccc12. The van der Waals surface area contributed by atoms with Crippen molar-refractivity contribution in [1.29, 1.82) is 5.26 Å². The standard InChI is InChI=1S/C31H32N6O2/c1-2-3-7-29-30(38)34-14-15-37(29)31(39)26-6-4-5-23-17-24(12-13-25(23)26)36-27(28-19-33-20-35-28)16-21-8-10-22(18-32)11-9-21/h4-6,8-13,17,19-20,27,29,36H,2-3,7,14-16H2,1H3,(H,33,35)(H,34,38)/t27?,29-/m0/s1. The lowest BCUT2D eigenvalue weighted by atomic mass is 9.99. The van der Waals surface area contributed by atoms with Crippen molar-refractivity contribution in [2.45, 2.75) is 44.7 Å². The van der Waals surface area contributed by atoms with Gasteiger partial charge in [-0.25, -0.2) is 4.98 Å². The molecule has 3 aromatic carbocycles. The molecule has 1 aliphatic rings. The molecule has 8 heteroatoms. The zero-order chi connectivity index (χ0) is 27.2. The number of amides is 2. The van der Waals surface area contributed by atoms with Crippen LogP contribution in [0.3, 0.4) is 0 Å². The van der Waals surface area contributed by atoms with Crippen LogP contribution in [0, 0.1) is 11.3 Å². The van der Waals surface area contributed by atoms with E-state index < -0.39 is 6.04 Å². The zero-order valence-electron chi connectivity index (χ0n) is 22.0. The predicted molar refractivity (Wildman–Crippen MR) is 151 cm³/mol. The number of unbranched alkanes of at least 4 members (excludes halogenated alkanes) is 1. The maximum atomic E-state index is 13.7. The summed E-state index contributed by atoms with van der Waals surface area (Å²) in [5, 5.41) is 17.4. The summed E-state index contributed by atoms with van der Waals surface area (Å²) < 4.78 is 0. The number of carbonyl (C=O) groups is 2. The van der Waals surface area contributed by atoms with Crippen LogP contribution >= 0.6 is 0 Å². The van der Waals surface area contributed by atoms with Gasteiger partial charge in [0.1, 0.15) is 6.04 Å². The van der Waals surface area contributed by atoms with Gasteiger partial charge in [-0.2, -0.15) is 5.26 Å². The molecule has 2 atom stereocenters. The fraction of sp³-hybridized carbons (Fsp3) is 0.290. The Morgan fingerprint density at radius 2 is 2.05 bits per heavy atom. The van der Waals surface area contributed by atoms with E-state index in [-0.39, 0.29) is 17.9 Å². The molecular weight excluding hydrogens is 488 g/mol. The van der Waals surface area contributed by atoms with Crippen molar-refractivity contribution in [3.05, 3.63) is 95.6 Å². The third-order valence-corrected chi connectivity index (χ3v) is 7.29. The molecule has 0 saturated carbocycles. The van der Waals surface area contributed by atoms with Gasteiger partial charge in [-0.3, -0.25) is 9.59 Å². The summed E-state index contributed by atoms with van der Waals surface area (Å²) in [6, 6.07) is 21.0. The molecule has 198 valence electrons. The first-order chi connectivity index (χ1) is 19.1. The normalized spacial score (nSPS) is 15.9. The topological polar surface area (TPSA) is 114 Å². The van der Waals surface area contributed by atoms with E-state index in [1.807, 2.05) is 66.9 Å². The molecule has 0 aliphatic carbocycles. The van der Waals surface area contributed by atoms with Crippen molar-refractivity contribution in [1.82, 2.24) is 20.2 Å². The zero-order valence-corrected chi connectivity index (χ0v) is 22.0. The summed E-state index contributed by atoms with van der Waals surface area (Å²) in [5.41, 5.74) is 4.20. The molecule has 3 N–H and O–H groups in total. The van der Waals surface area contributed by atoms with Crippen LogP contribution in [0.15, 0.2) is 73.2 Å². The number of piperazine rings is 1. The number of fused-ring (bicyclic) bond motifs is 1. The first-order valence-electron chi connectivity index (χ1n) is 13.4. The van der Waals surface area contributed by atoms with Gasteiger partial charge in [0.15, 0.2) is 0 Å². The molecule has 5 rings (SSSR count). The van der Waals surface area contributed by atoms with E-state index in [9.17, 15) is 9.59 Å². The Kier molecular flexibility index (Phi) is 7.88. The highest BCUT2D eigenvalue weighted by Crippen LogP contribution is 2.28. The van der Waals surface area contributed by atoms with Gasteiger partial charge in [-0.05, 0) is 59.5 Å². The number of H-pyrrole nitrogens is 1. The second-order valence-corrected chi connectivity index (χ2v) is 9.91. The molecule has 1 aromatic heterocycles. The Morgan fingerprint density at radius 3 is 2.79 bits per heavy atom. The molecule has 0 bridgehead atoms. The third kappa shape index (κ3) is 5.78. The number of carbonyl (C=O) groups excluding carboxylic acids is 2. The van der Waals surface area contributed by atoms with Crippen molar-refractivity contribution in [2.75, 3.05) is 18.4 Å². The number of aromatic nitrogens is 2. The van der Waals surface area contributed by atoms with Crippen molar-refractivity contribution < 1.29 is 9.59 Å². The van der Waals surface area contributed by atoms with E-state index in [0.717, 1.165) is 40.6 Å². The predicted octanol–water partition coefficient (Wildman–Crippen LogP) is 4.96. The Labute approximate surface area is 228 Å². The number of hydrogen-bond donors (Lipinski definition) is 3. The van der Waals surface area contributed by atoms with Gasteiger partial charge in [-0.1, -0.05) is 50.1 Å². The molecule has 2 amide bonds. The van der Waals surface area contributed by atoms with Gasteiger partial charge in [0.25, 0.3) is 5.91 Å². The molecule has 1 fully saturated rings. The smallest absolute Gasteiger partial charge is 0.255 e. The van der Waals surface area contributed by atoms with Crippen LogP contribution in [0.2, 0.25) is 0 Å². The van der Waals surface area contributed by atoms with Crippen LogP contribution in [0.4, 0.5) is 5.69 Å². The maximum Gasteiger partial charge on any atom is 0.255 e. The highest BCUT2D eigenvalue weighted by molar-refractivity contribution is 6.09. The summed E-state index contributed by atoms with van der Waals surface area (Å²) in [5.74, 6) is -0.171. The second kappa shape index (κ2) is 11.8. The van der Waals surface area contributed by atoms with Crippen LogP contribution in [0.5, 0.6) is 0 Å². The van der Waals surface area contributed by atoms with Gasteiger partial charge in [0, 0.05) is 24.3 Å². The molecule has 1 aliphatic heterocycles. The summed E-state index contributed by atoms with van der Waals surface area (Å²) in [6.45, 7) is 3.07. The molecular formula is C31H32N6O2. The van der Waals surface area contributed by atoms with Crippen molar-refractivity contribution >= 4 is 28.3 Å². The molecule has 2 heterocycles. The van der Waals surface area contributed by atoms with Crippen LogP contribution < -0.4 is 10.6 Å². The number of imidazole rings is 1. The highest BCUT2D eigenvalue weighted by atomic mass is 16.2. The lowest BCUT2D eigenvalue weighted by molar-refractivity contribution is -0.128. The van der Waals surface area contributed by atoms with E-state index >= 15 is 0 Å². The molecule has 4 aromatic rings. The molecule has 1 saturated heterocycles. The fourth-order valence-electron chi connectivity index (χ4n) is 5.21. The number of nitriles is 1. The Bertz CT molecular complexity index is 1490. The quantitative estimate of drug-likeness (QED) is 0.289. The van der Waals surface area contributed by atoms with Gasteiger partial charge in [0.2, 0.25) is 5.91 Å². The summed E-state index contributed by atoms with van der Waals surface area (Å²) in [6.07, 6.45) is 6.70. The summed E-state index contributed by atoms with van der Waals surface area (Å²) in [4.78, 5) is 35.4. The largest absolute Gasteiger partial charge is 0.376 e. The molecule has 0 radical (unpaired) electrons. The second-order valence-electron chi connectivity index (χ2n) is 9.91. The number of anilines is 1. The Balaban J connectivity index is 1.40. The van der Waals surface area contributed by atoms with Crippen LogP contribution in [0.25, 0.3) is 10.8 Å². The number of benzene rings is 3. The number of hydrogen-bond acceptors (Lipinski definition) is 5. The van der Waals surface area contributed by atoms with Crippen LogP contribution in [-0.2, 0) is 11.2 Å². The van der Waals surface area contributed by atoms with Crippen LogP contribution in [-0.4, -0.2) is 45.8 Å². The monoisotopic (exact) mass is 520 g/mol. The number of nitrogens with one attached hydrogen (secondary N) is 3. The number of rotatable bonds is 9. The third-order valence-electron chi connectivity index (χ3n) is 7.29. The van der Waals surface area contributed by atoms with E-state index in [2.05, 4.69) is 33.6 Å². The van der Waals surface area contributed by atoms with E-state index in [0.29, 0.717) is 37.1 Å². The van der Waals surface area contributed by atoms with E-state index in [4.69, 9.17) is 5.26 Å². The minimum Gasteiger partial charge on any atom is -0.376 e. The summed E-state index contributed by atoms with van der Waals surface area (Å²) in [7, 11) is 0. The van der Waals surface area contributed by atoms with Gasteiger partial charge < -0.3 is 20.5 Å². The van der Waals surface area contributed by atoms with E-state index in [1.165, 1.54) is 0 Å². The lowest BCUT2D eigenvalue weighted by Gasteiger charge is -2.35. The van der Waals surface area contributed by atoms with Crippen molar-refractivity contribution in [2.24, 2.45) is 0 Å². The number of aromatic amines is 1.